The van der Waals surface area contributed by atoms with E-state index in [4.69, 9.17) is 9.15 Å². The highest BCUT2D eigenvalue weighted by atomic mass is 16.5. The second kappa shape index (κ2) is 8.37. The van der Waals surface area contributed by atoms with Crippen LogP contribution >= 0.6 is 0 Å². The van der Waals surface area contributed by atoms with E-state index in [1.807, 2.05) is 0 Å². The molecule has 0 radical (unpaired) electrons. The Morgan fingerprint density at radius 3 is 2.56 bits per heavy atom. The van der Waals surface area contributed by atoms with Crippen molar-refractivity contribution in [1.29, 1.82) is 0 Å². The van der Waals surface area contributed by atoms with Gasteiger partial charge in [0.15, 0.2) is 6.61 Å². The van der Waals surface area contributed by atoms with Gasteiger partial charge in [-0.2, -0.15) is 0 Å². The molecule has 1 aromatic carbocycles. The van der Waals surface area contributed by atoms with E-state index in [9.17, 15) is 9.59 Å². The lowest BCUT2D eigenvalue weighted by molar-refractivity contribution is -0.123. The smallest absolute Gasteiger partial charge is 0.258 e. The largest absolute Gasteiger partial charge is 0.484 e. The maximum Gasteiger partial charge on any atom is 0.258 e. The van der Waals surface area contributed by atoms with Crippen molar-refractivity contribution >= 4 is 11.8 Å². The lowest BCUT2D eigenvalue weighted by Crippen LogP contribution is -2.32. The van der Waals surface area contributed by atoms with E-state index in [1.165, 1.54) is 12.8 Å². The number of nitrogens with one attached hydrogen (secondary N) is 2. The highest BCUT2D eigenvalue weighted by Crippen LogP contribution is 2.18. The molecule has 2 N–H and O–H groups in total. The number of ether oxygens (including phenoxy) is 1. The predicted octanol–water partition coefficient (Wildman–Crippen LogP) is 2.65. The number of carbonyl (C=O) groups excluding carboxylic acids is 2. The first-order chi connectivity index (χ1) is 12.2. The van der Waals surface area contributed by atoms with Gasteiger partial charge >= 0.3 is 0 Å². The fourth-order valence-corrected chi connectivity index (χ4v) is 2.84. The van der Waals surface area contributed by atoms with Crippen LogP contribution in [-0.4, -0.2) is 24.5 Å². The van der Waals surface area contributed by atoms with Crippen LogP contribution in [0.1, 0.15) is 41.8 Å². The molecule has 0 saturated heterocycles. The van der Waals surface area contributed by atoms with E-state index in [0.29, 0.717) is 29.7 Å². The van der Waals surface area contributed by atoms with Crippen LogP contribution in [0.25, 0.3) is 0 Å². The second-order valence-corrected chi connectivity index (χ2v) is 6.12. The molecule has 3 rings (SSSR count). The maximum absolute atomic E-state index is 12.2. The van der Waals surface area contributed by atoms with Gasteiger partial charge in [0.25, 0.3) is 11.8 Å². The minimum absolute atomic E-state index is 0.0605. The van der Waals surface area contributed by atoms with Crippen molar-refractivity contribution in [2.24, 2.45) is 0 Å². The van der Waals surface area contributed by atoms with Gasteiger partial charge in [-0.15, -0.1) is 0 Å². The van der Waals surface area contributed by atoms with E-state index in [1.54, 1.807) is 42.7 Å². The summed E-state index contributed by atoms with van der Waals surface area (Å²) in [6, 6.07) is 10.7. The summed E-state index contributed by atoms with van der Waals surface area (Å²) >= 11 is 0. The van der Waals surface area contributed by atoms with Gasteiger partial charge in [-0.25, -0.2) is 0 Å². The summed E-state index contributed by atoms with van der Waals surface area (Å²) < 4.78 is 10.6. The summed E-state index contributed by atoms with van der Waals surface area (Å²) in [7, 11) is 0. The molecule has 2 amide bonds. The van der Waals surface area contributed by atoms with Crippen molar-refractivity contribution in [3.05, 3.63) is 54.0 Å². The lowest BCUT2D eigenvalue weighted by Gasteiger charge is -2.12. The molecule has 0 bridgehead atoms. The first-order valence-corrected chi connectivity index (χ1v) is 8.53. The maximum atomic E-state index is 12.2. The van der Waals surface area contributed by atoms with E-state index >= 15 is 0 Å². The molecule has 6 nitrogen and oxygen atoms in total. The van der Waals surface area contributed by atoms with E-state index in [2.05, 4.69) is 10.6 Å². The zero-order valence-electron chi connectivity index (χ0n) is 14.0. The first kappa shape index (κ1) is 17.1. The summed E-state index contributed by atoms with van der Waals surface area (Å²) in [5.41, 5.74) is 0.599. The number of hydrogen-bond donors (Lipinski definition) is 2. The van der Waals surface area contributed by atoms with Gasteiger partial charge in [0, 0.05) is 11.6 Å². The molecule has 0 aliphatic heterocycles. The van der Waals surface area contributed by atoms with Crippen LogP contribution in [0, 0.1) is 0 Å². The number of furan rings is 1. The molecule has 0 unspecified atom stereocenters. The number of carbonyl (C=O) groups is 2. The highest BCUT2D eigenvalue weighted by molar-refractivity contribution is 5.94. The first-order valence-electron chi connectivity index (χ1n) is 8.53. The predicted molar refractivity (Wildman–Crippen MR) is 92.2 cm³/mol. The third-order valence-electron chi connectivity index (χ3n) is 4.22. The third-order valence-corrected chi connectivity index (χ3v) is 4.22. The number of amides is 2. The van der Waals surface area contributed by atoms with Crippen molar-refractivity contribution in [2.45, 2.75) is 38.3 Å². The zero-order chi connectivity index (χ0) is 17.5. The standard InChI is InChI=1S/C19H22N2O4/c22-18(20-12-17-6-3-11-24-17)13-25-16-9-7-14(8-10-16)19(23)21-15-4-1-2-5-15/h3,6-11,15H,1-2,4-5,12-13H2,(H,20,22)(H,21,23). The summed E-state index contributed by atoms with van der Waals surface area (Å²) in [5, 5.41) is 5.75. The van der Waals surface area contributed by atoms with Crippen LogP contribution in [-0.2, 0) is 11.3 Å². The van der Waals surface area contributed by atoms with Gasteiger partial charge < -0.3 is 19.8 Å². The van der Waals surface area contributed by atoms with Crippen molar-refractivity contribution in [2.75, 3.05) is 6.61 Å². The molecule has 1 heterocycles. The Morgan fingerprint density at radius 2 is 1.88 bits per heavy atom. The topological polar surface area (TPSA) is 80.6 Å². The van der Waals surface area contributed by atoms with Crippen molar-refractivity contribution in [3.8, 4) is 5.75 Å². The van der Waals surface area contributed by atoms with Gasteiger partial charge in [-0.3, -0.25) is 9.59 Å². The van der Waals surface area contributed by atoms with Crippen LogP contribution in [0.5, 0.6) is 5.75 Å². The molecular weight excluding hydrogens is 320 g/mol. The number of rotatable bonds is 7. The van der Waals surface area contributed by atoms with Gasteiger partial charge in [0.1, 0.15) is 11.5 Å². The molecule has 2 aromatic rings. The molecule has 1 aliphatic rings. The normalized spacial score (nSPS) is 14.2. The van der Waals surface area contributed by atoms with Crippen LogP contribution in [0.3, 0.4) is 0 Å². The second-order valence-electron chi connectivity index (χ2n) is 6.12. The lowest BCUT2D eigenvalue weighted by atomic mass is 10.1. The van der Waals surface area contributed by atoms with Crippen LogP contribution in [0.4, 0.5) is 0 Å². The Hall–Kier alpha value is -2.76. The average Bonchev–Trinajstić information content (AvgIpc) is 3.32. The number of hydrogen-bond acceptors (Lipinski definition) is 4. The van der Waals surface area contributed by atoms with Gasteiger partial charge in [0.2, 0.25) is 0 Å². The summed E-state index contributed by atoms with van der Waals surface area (Å²) in [6.45, 7) is 0.240. The quantitative estimate of drug-likeness (QED) is 0.810. The summed E-state index contributed by atoms with van der Waals surface area (Å²) in [5.74, 6) is 0.936. The van der Waals surface area contributed by atoms with Crippen molar-refractivity contribution in [3.63, 3.8) is 0 Å². The van der Waals surface area contributed by atoms with Crippen LogP contribution in [0.15, 0.2) is 47.1 Å². The molecule has 0 atom stereocenters. The Morgan fingerprint density at radius 1 is 1.12 bits per heavy atom. The monoisotopic (exact) mass is 342 g/mol. The molecule has 0 spiro atoms. The minimum atomic E-state index is -0.237. The Balaban J connectivity index is 1.42. The summed E-state index contributed by atoms with van der Waals surface area (Å²) in [4.78, 5) is 23.9. The molecule has 6 heteroatoms. The average molecular weight is 342 g/mol. The highest BCUT2D eigenvalue weighted by Gasteiger charge is 2.17. The molecular formula is C19H22N2O4. The van der Waals surface area contributed by atoms with Crippen molar-refractivity contribution in [1.82, 2.24) is 10.6 Å². The fourth-order valence-electron chi connectivity index (χ4n) is 2.84. The molecule has 1 fully saturated rings. The van der Waals surface area contributed by atoms with Gasteiger partial charge in [-0.05, 0) is 49.2 Å². The number of benzene rings is 1. The van der Waals surface area contributed by atoms with Crippen LogP contribution in [0.2, 0.25) is 0 Å². The minimum Gasteiger partial charge on any atom is -0.484 e. The Kier molecular flexibility index (Phi) is 5.72. The van der Waals surface area contributed by atoms with E-state index in [-0.39, 0.29) is 18.4 Å². The third kappa shape index (κ3) is 5.11. The fraction of sp³-hybridized carbons (Fsp3) is 0.368. The van der Waals surface area contributed by atoms with E-state index < -0.39 is 0 Å². The Bertz CT molecular complexity index is 689. The van der Waals surface area contributed by atoms with Crippen molar-refractivity contribution < 1.29 is 18.7 Å². The van der Waals surface area contributed by atoms with Gasteiger partial charge in [-0.1, -0.05) is 12.8 Å². The zero-order valence-corrected chi connectivity index (χ0v) is 14.0. The molecule has 1 aliphatic carbocycles. The van der Waals surface area contributed by atoms with Gasteiger partial charge in [0.05, 0.1) is 12.8 Å². The Labute approximate surface area is 146 Å². The molecule has 1 saturated carbocycles. The summed E-state index contributed by atoms with van der Waals surface area (Å²) in [6.07, 6.45) is 6.03. The van der Waals surface area contributed by atoms with Crippen LogP contribution < -0.4 is 15.4 Å². The molecule has 132 valence electrons. The van der Waals surface area contributed by atoms with E-state index in [0.717, 1.165) is 12.8 Å². The molecule has 1 aromatic heterocycles. The SMILES string of the molecule is O=C(COc1ccc(C(=O)NC2CCCC2)cc1)NCc1ccco1. The molecule has 25 heavy (non-hydrogen) atoms.